The number of nitrogens with zero attached hydrogens (tertiary/aromatic N) is 2. The van der Waals surface area contributed by atoms with Gasteiger partial charge in [-0.25, -0.2) is 9.18 Å². The van der Waals surface area contributed by atoms with Gasteiger partial charge in [-0.1, -0.05) is 18.2 Å². The first-order chi connectivity index (χ1) is 14.8. The third kappa shape index (κ3) is 4.20. The van der Waals surface area contributed by atoms with Crippen molar-refractivity contribution in [1.82, 2.24) is 9.13 Å². The molecule has 2 heterocycles. The van der Waals surface area contributed by atoms with E-state index in [1.54, 1.807) is 11.4 Å². The second-order valence-electron chi connectivity index (χ2n) is 7.37. The summed E-state index contributed by atoms with van der Waals surface area (Å²) in [5.74, 6) is -0.856. The number of carbonyl (C=O) groups is 1. The monoisotopic (exact) mass is 437 g/mol. The third-order valence-corrected chi connectivity index (χ3v) is 6.07. The second-order valence-corrected chi connectivity index (χ2v) is 8.28. The Labute approximate surface area is 181 Å². The number of halogens is 1. The normalized spacial score (nSPS) is 11.1. The van der Waals surface area contributed by atoms with Gasteiger partial charge in [0.15, 0.2) is 0 Å². The fourth-order valence-electron chi connectivity index (χ4n) is 3.39. The summed E-state index contributed by atoms with van der Waals surface area (Å²) in [6.45, 7) is 3.82. The summed E-state index contributed by atoms with van der Waals surface area (Å²) in [7, 11) is 0. The van der Waals surface area contributed by atoms with E-state index >= 15 is 0 Å². The highest BCUT2D eigenvalue weighted by Gasteiger charge is 2.17. The first kappa shape index (κ1) is 20.7. The summed E-state index contributed by atoms with van der Waals surface area (Å²) in [4.78, 5) is 38.7. The van der Waals surface area contributed by atoms with E-state index in [0.29, 0.717) is 15.9 Å². The molecule has 0 fully saturated rings. The summed E-state index contributed by atoms with van der Waals surface area (Å²) in [5.41, 5.74) is 2.95. The Morgan fingerprint density at radius 3 is 2.45 bits per heavy atom. The molecule has 2 aromatic heterocycles. The van der Waals surface area contributed by atoms with Gasteiger partial charge in [-0.05, 0) is 66.2 Å². The number of hydrogen-bond acceptors (Lipinski definition) is 4. The van der Waals surface area contributed by atoms with Crippen molar-refractivity contribution in [3.8, 4) is 0 Å². The number of nitrogens with one attached hydrogen (secondary N) is 1. The molecule has 0 saturated carbocycles. The number of benzene rings is 2. The van der Waals surface area contributed by atoms with Gasteiger partial charge in [0.1, 0.15) is 17.1 Å². The Hall–Kier alpha value is -3.52. The number of aryl methyl sites for hydroxylation is 2. The van der Waals surface area contributed by atoms with Crippen molar-refractivity contribution < 1.29 is 9.18 Å². The molecule has 0 spiro atoms. The molecule has 1 amide bonds. The summed E-state index contributed by atoms with van der Waals surface area (Å²) < 4.78 is 16.0. The number of thiophene rings is 1. The number of fused-ring (bicyclic) bond motifs is 1. The highest BCUT2D eigenvalue weighted by atomic mass is 32.1. The van der Waals surface area contributed by atoms with Gasteiger partial charge in [-0.2, -0.15) is 0 Å². The van der Waals surface area contributed by atoms with Crippen LogP contribution in [0.4, 0.5) is 10.1 Å². The second kappa shape index (κ2) is 8.31. The molecule has 2 aromatic carbocycles. The lowest BCUT2D eigenvalue weighted by Crippen LogP contribution is -2.41. The van der Waals surface area contributed by atoms with Crippen molar-refractivity contribution in [2.75, 3.05) is 5.32 Å². The summed E-state index contributed by atoms with van der Waals surface area (Å²) in [5, 5.41) is 4.37. The zero-order valence-corrected chi connectivity index (χ0v) is 17.8. The molecule has 158 valence electrons. The molecule has 6 nitrogen and oxygen atoms in total. The van der Waals surface area contributed by atoms with E-state index in [4.69, 9.17) is 0 Å². The Morgan fingerprint density at radius 1 is 1.00 bits per heavy atom. The summed E-state index contributed by atoms with van der Waals surface area (Å²) in [6.07, 6.45) is 0. The minimum Gasteiger partial charge on any atom is -0.325 e. The standard InChI is InChI=1S/C23H20FN3O3S/c1-14-3-4-16(11-15(14)2)12-27-22(29)21-19(9-10-31-21)26(23(27)30)13-20(28)25-18-7-5-17(24)6-8-18/h3-11H,12-13H2,1-2H3,(H,25,28). The van der Waals surface area contributed by atoms with Gasteiger partial charge >= 0.3 is 5.69 Å². The van der Waals surface area contributed by atoms with E-state index in [1.165, 1.54) is 40.2 Å². The maximum absolute atomic E-state index is 13.2. The van der Waals surface area contributed by atoms with Crippen LogP contribution in [0.3, 0.4) is 0 Å². The van der Waals surface area contributed by atoms with Crippen LogP contribution >= 0.6 is 11.3 Å². The largest absolute Gasteiger partial charge is 0.332 e. The Morgan fingerprint density at radius 2 is 1.74 bits per heavy atom. The van der Waals surface area contributed by atoms with Gasteiger partial charge in [0.25, 0.3) is 5.56 Å². The van der Waals surface area contributed by atoms with Crippen LogP contribution in [0.15, 0.2) is 63.5 Å². The quantitative estimate of drug-likeness (QED) is 0.518. The molecule has 0 radical (unpaired) electrons. The van der Waals surface area contributed by atoms with Crippen molar-refractivity contribution in [2.45, 2.75) is 26.9 Å². The first-order valence-electron chi connectivity index (χ1n) is 9.66. The third-order valence-electron chi connectivity index (χ3n) is 5.18. The fraction of sp³-hybridized carbons (Fsp3) is 0.174. The SMILES string of the molecule is Cc1ccc(Cn2c(=O)c3sccc3n(CC(=O)Nc3ccc(F)cc3)c2=O)cc1C. The Kier molecular flexibility index (Phi) is 5.56. The molecule has 0 bridgehead atoms. The molecule has 0 aliphatic carbocycles. The number of rotatable bonds is 5. The molecule has 1 N–H and O–H groups in total. The molecule has 31 heavy (non-hydrogen) atoms. The van der Waals surface area contributed by atoms with E-state index < -0.39 is 17.4 Å². The predicted octanol–water partition coefficient (Wildman–Crippen LogP) is 3.67. The van der Waals surface area contributed by atoms with E-state index in [9.17, 15) is 18.8 Å². The van der Waals surface area contributed by atoms with Gasteiger partial charge in [0, 0.05) is 5.69 Å². The van der Waals surface area contributed by atoms with Crippen LogP contribution in [0.5, 0.6) is 0 Å². The van der Waals surface area contributed by atoms with Crippen LogP contribution < -0.4 is 16.6 Å². The van der Waals surface area contributed by atoms with Crippen LogP contribution in [-0.4, -0.2) is 15.0 Å². The molecule has 0 saturated heterocycles. The lowest BCUT2D eigenvalue weighted by molar-refractivity contribution is -0.116. The molecule has 0 aliphatic heterocycles. The zero-order valence-electron chi connectivity index (χ0n) is 17.0. The lowest BCUT2D eigenvalue weighted by Gasteiger charge is -2.13. The van der Waals surface area contributed by atoms with Crippen LogP contribution in [0.2, 0.25) is 0 Å². The van der Waals surface area contributed by atoms with Crippen LogP contribution in [0.1, 0.15) is 16.7 Å². The van der Waals surface area contributed by atoms with E-state index in [-0.39, 0.29) is 18.6 Å². The maximum atomic E-state index is 13.2. The number of carbonyl (C=O) groups excluding carboxylic acids is 1. The Balaban J connectivity index is 1.71. The maximum Gasteiger partial charge on any atom is 0.332 e. The average Bonchev–Trinajstić information content (AvgIpc) is 3.23. The number of hydrogen-bond donors (Lipinski definition) is 1. The minimum atomic E-state index is -0.552. The van der Waals surface area contributed by atoms with E-state index in [1.807, 2.05) is 32.0 Å². The highest BCUT2D eigenvalue weighted by Crippen LogP contribution is 2.17. The van der Waals surface area contributed by atoms with E-state index in [2.05, 4.69) is 5.32 Å². The van der Waals surface area contributed by atoms with Crippen LogP contribution in [0, 0.1) is 19.7 Å². The Bertz CT molecular complexity index is 1400. The van der Waals surface area contributed by atoms with Gasteiger partial charge < -0.3 is 5.32 Å². The van der Waals surface area contributed by atoms with Gasteiger partial charge in [0.2, 0.25) is 5.91 Å². The molecule has 0 unspecified atom stereocenters. The highest BCUT2D eigenvalue weighted by molar-refractivity contribution is 7.17. The average molecular weight is 437 g/mol. The minimum absolute atomic E-state index is 0.117. The van der Waals surface area contributed by atoms with Crippen molar-refractivity contribution in [2.24, 2.45) is 0 Å². The smallest absolute Gasteiger partial charge is 0.325 e. The van der Waals surface area contributed by atoms with Gasteiger partial charge in [0.05, 0.1) is 12.1 Å². The number of aromatic nitrogens is 2. The summed E-state index contributed by atoms with van der Waals surface area (Å²) >= 11 is 1.23. The lowest BCUT2D eigenvalue weighted by atomic mass is 10.1. The molecule has 0 aliphatic rings. The van der Waals surface area contributed by atoms with Gasteiger partial charge in [-0.3, -0.25) is 18.7 Å². The van der Waals surface area contributed by atoms with Crippen molar-refractivity contribution >= 4 is 33.1 Å². The molecular weight excluding hydrogens is 417 g/mol. The number of amides is 1. The molecule has 4 aromatic rings. The molecule has 0 atom stereocenters. The summed E-state index contributed by atoms with van der Waals surface area (Å²) in [6, 6.07) is 12.8. The van der Waals surface area contributed by atoms with Crippen LogP contribution in [-0.2, 0) is 17.9 Å². The molecule has 4 rings (SSSR count). The zero-order chi connectivity index (χ0) is 22.1. The van der Waals surface area contributed by atoms with Crippen molar-refractivity contribution in [3.05, 3.63) is 97.3 Å². The number of anilines is 1. The first-order valence-corrected chi connectivity index (χ1v) is 10.5. The molecule has 8 heteroatoms. The molecular formula is C23H20FN3O3S. The van der Waals surface area contributed by atoms with E-state index in [0.717, 1.165) is 21.3 Å². The van der Waals surface area contributed by atoms with Crippen molar-refractivity contribution in [3.63, 3.8) is 0 Å². The predicted molar refractivity (Wildman–Crippen MR) is 120 cm³/mol. The topological polar surface area (TPSA) is 73.1 Å². The van der Waals surface area contributed by atoms with Gasteiger partial charge in [-0.15, -0.1) is 11.3 Å². The van der Waals surface area contributed by atoms with Crippen molar-refractivity contribution in [1.29, 1.82) is 0 Å². The fourth-order valence-corrected chi connectivity index (χ4v) is 4.23. The van der Waals surface area contributed by atoms with Crippen LogP contribution in [0.25, 0.3) is 10.2 Å².